The van der Waals surface area contributed by atoms with Gasteiger partial charge in [0.05, 0.1) is 23.5 Å². The van der Waals surface area contributed by atoms with Crippen LogP contribution in [0.4, 0.5) is 0 Å². The minimum Gasteiger partial charge on any atom is -0.395 e. The summed E-state index contributed by atoms with van der Waals surface area (Å²) in [5, 5.41) is 9.26. The Hall–Kier alpha value is -0.660. The summed E-state index contributed by atoms with van der Waals surface area (Å²) < 4.78 is 23.3. The number of aliphatic hydroxyl groups excluding tert-OH is 1. The lowest BCUT2D eigenvalue weighted by Crippen LogP contribution is -2.53. The van der Waals surface area contributed by atoms with Crippen LogP contribution in [-0.4, -0.2) is 61.6 Å². The molecular weight excluding hydrogens is 292 g/mol. The maximum atomic E-state index is 13.0. The van der Waals surface area contributed by atoms with Gasteiger partial charge in [0, 0.05) is 19.1 Å². The van der Waals surface area contributed by atoms with Crippen LogP contribution in [0, 0.1) is 5.41 Å². The van der Waals surface area contributed by atoms with E-state index in [1.807, 2.05) is 0 Å². The van der Waals surface area contributed by atoms with Crippen LogP contribution in [-0.2, 0) is 14.6 Å². The van der Waals surface area contributed by atoms with Crippen molar-refractivity contribution >= 4 is 15.7 Å². The van der Waals surface area contributed by atoms with E-state index < -0.39 is 15.3 Å². The fourth-order valence-corrected chi connectivity index (χ4v) is 5.35. The number of hydrogen-bond donors (Lipinski definition) is 2. The fraction of sp³-hybridized carbons (Fsp3) is 0.929. The lowest BCUT2D eigenvalue weighted by molar-refractivity contribution is -0.146. The van der Waals surface area contributed by atoms with E-state index in [0.29, 0.717) is 13.0 Å². The molecule has 1 aliphatic heterocycles. The number of rotatable bonds is 5. The first-order chi connectivity index (χ1) is 9.94. The summed E-state index contributed by atoms with van der Waals surface area (Å²) in [5.74, 6) is 0.0860. The Kier molecular flexibility index (Phi) is 5.27. The van der Waals surface area contributed by atoms with Crippen LogP contribution in [0.15, 0.2) is 0 Å². The summed E-state index contributed by atoms with van der Waals surface area (Å²) in [5.41, 5.74) is 5.34. The van der Waals surface area contributed by atoms with Crippen molar-refractivity contribution in [2.24, 2.45) is 11.1 Å². The molecule has 2 fully saturated rings. The molecule has 0 spiro atoms. The first kappa shape index (κ1) is 16.7. The molecule has 2 aliphatic rings. The van der Waals surface area contributed by atoms with Crippen molar-refractivity contribution in [1.29, 1.82) is 0 Å². The first-order valence-corrected chi connectivity index (χ1v) is 9.59. The summed E-state index contributed by atoms with van der Waals surface area (Å²) in [6.45, 7) is 0.344. The number of carbonyl (C=O) groups excluding carboxylic acids is 1. The molecule has 1 amide bonds. The van der Waals surface area contributed by atoms with Gasteiger partial charge in [-0.15, -0.1) is 0 Å². The van der Waals surface area contributed by atoms with Crippen molar-refractivity contribution in [3.63, 3.8) is 0 Å². The van der Waals surface area contributed by atoms with Gasteiger partial charge < -0.3 is 15.7 Å². The second-order valence-electron chi connectivity index (χ2n) is 6.32. The van der Waals surface area contributed by atoms with E-state index >= 15 is 0 Å². The van der Waals surface area contributed by atoms with Gasteiger partial charge in [0.2, 0.25) is 5.91 Å². The maximum Gasteiger partial charge on any atom is 0.230 e. The van der Waals surface area contributed by atoms with Crippen LogP contribution in [0.2, 0.25) is 0 Å². The molecule has 0 aromatic rings. The summed E-state index contributed by atoms with van der Waals surface area (Å²) in [6, 6.07) is -0.306. The Morgan fingerprint density at radius 2 is 1.95 bits per heavy atom. The third-order valence-electron chi connectivity index (χ3n) is 4.91. The van der Waals surface area contributed by atoms with Gasteiger partial charge >= 0.3 is 0 Å². The minimum absolute atomic E-state index is 0.0133. The fourth-order valence-electron chi connectivity index (χ4n) is 3.62. The molecule has 7 heteroatoms. The molecule has 2 rings (SSSR count). The highest BCUT2D eigenvalue weighted by atomic mass is 32.2. The topological polar surface area (TPSA) is 101 Å². The molecule has 0 aromatic carbocycles. The van der Waals surface area contributed by atoms with E-state index in [2.05, 4.69) is 0 Å². The highest BCUT2D eigenvalue weighted by Gasteiger charge is 2.44. The lowest BCUT2D eigenvalue weighted by Gasteiger charge is -2.41. The lowest BCUT2D eigenvalue weighted by atomic mass is 9.73. The molecule has 1 unspecified atom stereocenters. The van der Waals surface area contributed by atoms with Crippen LogP contribution in [0.3, 0.4) is 0 Å². The molecule has 0 bridgehead atoms. The monoisotopic (exact) mass is 318 g/mol. The SMILES string of the molecule is NCC1(C(=O)N(CCO)C2CCS(=O)(=O)C2)CCCCC1. The highest BCUT2D eigenvalue weighted by molar-refractivity contribution is 7.91. The number of aliphatic hydroxyl groups is 1. The van der Waals surface area contributed by atoms with Crippen LogP contribution in [0.25, 0.3) is 0 Å². The Bertz CT molecular complexity index is 471. The number of carbonyl (C=O) groups is 1. The van der Waals surface area contributed by atoms with Gasteiger partial charge in [-0.25, -0.2) is 8.42 Å². The Balaban J connectivity index is 2.18. The van der Waals surface area contributed by atoms with E-state index in [1.54, 1.807) is 4.90 Å². The van der Waals surface area contributed by atoms with Crippen LogP contribution >= 0.6 is 0 Å². The molecule has 21 heavy (non-hydrogen) atoms. The zero-order chi connectivity index (χ0) is 15.5. The third kappa shape index (κ3) is 3.57. The number of amides is 1. The molecule has 1 aliphatic carbocycles. The molecule has 0 aromatic heterocycles. The molecule has 1 heterocycles. The van der Waals surface area contributed by atoms with Gasteiger partial charge in [0.15, 0.2) is 9.84 Å². The minimum atomic E-state index is -3.06. The average molecular weight is 318 g/mol. The van der Waals surface area contributed by atoms with Crippen molar-refractivity contribution in [1.82, 2.24) is 4.90 Å². The van der Waals surface area contributed by atoms with E-state index in [1.165, 1.54) is 0 Å². The number of nitrogens with zero attached hydrogens (tertiary/aromatic N) is 1. The molecule has 1 saturated heterocycles. The van der Waals surface area contributed by atoms with Crippen LogP contribution in [0.1, 0.15) is 38.5 Å². The third-order valence-corrected chi connectivity index (χ3v) is 6.66. The van der Waals surface area contributed by atoms with Gasteiger partial charge in [-0.1, -0.05) is 19.3 Å². The van der Waals surface area contributed by atoms with Gasteiger partial charge in [0.25, 0.3) is 0 Å². The van der Waals surface area contributed by atoms with E-state index in [-0.39, 0.29) is 36.6 Å². The summed E-state index contributed by atoms with van der Waals surface area (Å²) in [4.78, 5) is 14.6. The Labute approximate surface area is 126 Å². The molecule has 122 valence electrons. The Morgan fingerprint density at radius 1 is 1.29 bits per heavy atom. The number of nitrogens with two attached hydrogens (primary N) is 1. The standard InChI is InChI=1S/C14H26N2O4S/c15-11-14(5-2-1-3-6-14)13(18)16(7-8-17)12-4-9-21(19,20)10-12/h12,17H,1-11,15H2. The zero-order valence-electron chi connectivity index (χ0n) is 12.5. The van der Waals surface area contributed by atoms with Gasteiger partial charge in [-0.05, 0) is 19.3 Å². The van der Waals surface area contributed by atoms with Crippen LogP contribution < -0.4 is 5.73 Å². The molecule has 1 atom stereocenters. The Morgan fingerprint density at radius 3 is 2.43 bits per heavy atom. The zero-order valence-corrected chi connectivity index (χ0v) is 13.3. The highest BCUT2D eigenvalue weighted by Crippen LogP contribution is 2.38. The van der Waals surface area contributed by atoms with Crippen LogP contribution in [0.5, 0.6) is 0 Å². The second kappa shape index (κ2) is 6.62. The van der Waals surface area contributed by atoms with E-state index in [9.17, 15) is 18.3 Å². The van der Waals surface area contributed by atoms with Crippen molar-refractivity contribution < 1.29 is 18.3 Å². The van der Waals surface area contributed by atoms with Crippen molar-refractivity contribution in [3.05, 3.63) is 0 Å². The summed E-state index contributed by atoms with van der Waals surface area (Å²) in [6.07, 6.45) is 5.09. The smallest absolute Gasteiger partial charge is 0.230 e. The second-order valence-corrected chi connectivity index (χ2v) is 8.55. The van der Waals surface area contributed by atoms with Crippen molar-refractivity contribution in [2.75, 3.05) is 31.2 Å². The van der Waals surface area contributed by atoms with Crippen molar-refractivity contribution in [2.45, 2.75) is 44.6 Å². The number of hydrogen-bond acceptors (Lipinski definition) is 5. The quantitative estimate of drug-likeness (QED) is 0.737. The van der Waals surface area contributed by atoms with Crippen molar-refractivity contribution in [3.8, 4) is 0 Å². The summed E-state index contributed by atoms with van der Waals surface area (Å²) in [7, 11) is -3.06. The maximum absolute atomic E-state index is 13.0. The number of sulfone groups is 1. The normalized spacial score (nSPS) is 27.4. The molecule has 6 nitrogen and oxygen atoms in total. The van der Waals surface area contributed by atoms with E-state index in [0.717, 1.165) is 32.1 Å². The first-order valence-electron chi connectivity index (χ1n) is 7.76. The van der Waals surface area contributed by atoms with Gasteiger partial charge in [0.1, 0.15) is 0 Å². The molecule has 0 radical (unpaired) electrons. The predicted molar refractivity (Wildman–Crippen MR) is 80.4 cm³/mol. The summed E-state index contributed by atoms with van der Waals surface area (Å²) >= 11 is 0. The molecular formula is C14H26N2O4S. The van der Waals surface area contributed by atoms with E-state index in [4.69, 9.17) is 5.73 Å². The largest absolute Gasteiger partial charge is 0.395 e. The molecule has 1 saturated carbocycles. The molecule has 3 N–H and O–H groups in total. The van der Waals surface area contributed by atoms with Gasteiger partial charge in [-0.2, -0.15) is 0 Å². The average Bonchev–Trinajstić information content (AvgIpc) is 2.84. The van der Waals surface area contributed by atoms with Gasteiger partial charge in [-0.3, -0.25) is 4.79 Å². The predicted octanol–water partition coefficient (Wildman–Crippen LogP) is -0.0964.